The molecule has 0 spiro atoms. The molecular weight excluding hydrogens is 442 g/mol. The number of anilines is 2. The molecule has 7 heteroatoms. The lowest BCUT2D eigenvalue weighted by molar-refractivity contribution is -0.122. The Morgan fingerprint density at radius 3 is 2.50 bits per heavy atom. The first kappa shape index (κ1) is 22.2. The first-order valence-corrected chi connectivity index (χ1v) is 12.5. The normalized spacial score (nSPS) is 15.8. The second kappa shape index (κ2) is 10.6. The molecule has 1 fully saturated rings. The molecule has 1 atom stereocenters. The first-order chi connectivity index (χ1) is 16.8. The van der Waals surface area contributed by atoms with Crippen molar-refractivity contribution in [3.05, 3.63) is 90.1 Å². The maximum atomic E-state index is 13.9. The third-order valence-corrected chi connectivity index (χ3v) is 6.99. The second-order valence-corrected chi connectivity index (χ2v) is 9.28. The van der Waals surface area contributed by atoms with Gasteiger partial charge in [0.25, 0.3) is 0 Å². The SMILES string of the molecule is O=C(C1CCCN(c2ncccn2)C1)N(CCc1ccccc1)c1nc(-c2ccccc2)cs1. The summed E-state index contributed by atoms with van der Waals surface area (Å²) in [5, 5.41) is 2.80. The maximum Gasteiger partial charge on any atom is 0.233 e. The molecule has 2 aromatic heterocycles. The number of thiazole rings is 1. The van der Waals surface area contributed by atoms with E-state index in [-0.39, 0.29) is 11.8 Å². The predicted molar refractivity (Wildman–Crippen MR) is 137 cm³/mol. The Bertz CT molecular complexity index is 1200. The molecule has 1 aliphatic heterocycles. The Labute approximate surface area is 203 Å². The van der Waals surface area contributed by atoms with Crippen molar-refractivity contribution < 1.29 is 4.79 Å². The largest absolute Gasteiger partial charge is 0.340 e. The highest BCUT2D eigenvalue weighted by Crippen LogP contribution is 2.30. The van der Waals surface area contributed by atoms with E-state index in [0.717, 1.165) is 42.2 Å². The van der Waals surface area contributed by atoms with Crippen molar-refractivity contribution in [1.29, 1.82) is 0 Å². The highest BCUT2D eigenvalue weighted by molar-refractivity contribution is 7.14. The number of nitrogens with zero attached hydrogens (tertiary/aromatic N) is 5. The summed E-state index contributed by atoms with van der Waals surface area (Å²) in [6, 6.07) is 22.2. The summed E-state index contributed by atoms with van der Waals surface area (Å²) < 4.78 is 0. The van der Waals surface area contributed by atoms with Crippen molar-refractivity contribution in [3.63, 3.8) is 0 Å². The predicted octanol–water partition coefficient (Wildman–Crippen LogP) is 5.09. The van der Waals surface area contributed by atoms with Crippen LogP contribution in [0.1, 0.15) is 18.4 Å². The Balaban J connectivity index is 1.38. The molecule has 1 aliphatic rings. The molecule has 2 aromatic carbocycles. The minimum absolute atomic E-state index is 0.114. The number of carbonyl (C=O) groups excluding carboxylic acids is 1. The van der Waals surface area contributed by atoms with Gasteiger partial charge in [-0.1, -0.05) is 60.7 Å². The minimum Gasteiger partial charge on any atom is -0.340 e. The number of hydrogen-bond acceptors (Lipinski definition) is 6. The monoisotopic (exact) mass is 469 g/mol. The lowest BCUT2D eigenvalue weighted by Crippen LogP contribution is -2.46. The van der Waals surface area contributed by atoms with Crippen molar-refractivity contribution in [2.45, 2.75) is 19.3 Å². The fourth-order valence-corrected chi connectivity index (χ4v) is 5.22. The molecule has 3 heterocycles. The van der Waals surface area contributed by atoms with Gasteiger partial charge in [-0.05, 0) is 30.9 Å². The highest BCUT2D eigenvalue weighted by Gasteiger charge is 2.32. The van der Waals surface area contributed by atoms with Crippen LogP contribution in [0.25, 0.3) is 11.3 Å². The molecule has 172 valence electrons. The van der Waals surface area contributed by atoms with Crippen molar-refractivity contribution in [1.82, 2.24) is 15.0 Å². The summed E-state index contributed by atoms with van der Waals surface area (Å²) in [6.45, 7) is 2.09. The Hall–Kier alpha value is -3.58. The average molecular weight is 470 g/mol. The molecule has 0 radical (unpaired) electrons. The lowest BCUT2D eigenvalue weighted by atomic mass is 9.96. The van der Waals surface area contributed by atoms with Gasteiger partial charge in [0, 0.05) is 43.0 Å². The maximum absolute atomic E-state index is 13.9. The van der Waals surface area contributed by atoms with E-state index in [4.69, 9.17) is 4.98 Å². The highest BCUT2D eigenvalue weighted by atomic mass is 32.1. The van der Waals surface area contributed by atoms with Gasteiger partial charge in [-0.3, -0.25) is 9.69 Å². The molecular formula is C27H27N5OS. The number of carbonyl (C=O) groups is 1. The van der Waals surface area contributed by atoms with E-state index >= 15 is 0 Å². The number of amides is 1. The topological polar surface area (TPSA) is 62.2 Å². The molecule has 0 saturated carbocycles. The van der Waals surface area contributed by atoms with E-state index < -0.39 is 0 Å². The van der Waals surface area contributed by atoms with Crippen LogP contribution in [0.15, 0.2) is 84.5 Å². The molecule has 5 rings (SSSR count). The van der Waals surface area contributed by atoms with Gasteiger partial charge in [0.2, 0.25) is 11.9 Å². The van der Waals surface area contributed by atoms with Crippen LogP contribution < -0.4 is 9.80 Å². The van der Waals surface area contributed by atoms with Gasteiger partial charge < -0.3 is 4.90 Å². The molecule has 1 saturated heterocycles. The average Bonchev–Trinajstić information content (AvgIpc) is 3.40. The van der Waals surface area contributed by atoms with Gasteiger partial charge >= 0.3 is 0 Å². The molecule has 34 heavy (non-hydrogen) atoms. The Morgan fingerprint density at radius 2 is 1.74 bits per heavy atom. The quantitative estimate of drug-likeness (QED) is 0.377. The molecule has 6 nitrogen and oxygen atoms in total. The van der Waals surface area contributed by atoms with Crippen LogP contribution in [0.5, 0.6) is 0 Å². The molecule has 1 unspecified atom stereocenters. The minimum atomic E-state index is -0.114. The molecule has 0 N–H and O–H groups in total. The van der Waals surface area contributed by atoms with Crippen LogP contribution in [0, 0.1) is 5.92 Å². The summed E-state index contributed by atoms with van der Waals surface area (Å²) in [6.07, 6.45) is 6.08. The lowest BCUT2D eigenvalue weighted by Gasteiger charge is -2.34. The van der Waals surface area contributed by atoms with E-state index in [0.29, 0.717) is 19.0 Å². The molecule has 0 aliphatic carbocycles. The van der Waals surface area contributed by atoms with Crippen molar-refractivity contribution in [2.24, 2.45) is 5.92 Å². The third kappa shape index (κ3) is 5.15. The van der Waals surface area contributed by atoms with Crippen LogP contribution >= 0.6 is 11.3 Å². The van der Waals surface area contributed by atoms with Gasteiger partial charge in [0.15, 0.2) is 5.13 Å². The number of aromatic nitrogens is 3. The van der Waals surface area contributed by atoms with E-state index in [1.165, 1.54) is 16.9 Å². The fraction of sp³-hybridized carbons (Fsp3) is 0.259. The summed E-state index contributed by atoms with van der Waals surface area (Å²) in [5.74, 6) is 0.708. The first-order valence-electron chi connectivity index (χ1n) is 11.7. The zero-order chi connectivity index (χ0) is 23.2. The van der Waals surface area contributed by atoms with Crippen LogP contribution in [0.3, 0.4) is 0 Å². The van der Waals surface area contributed by atoms with Crippen LogP contribution in [-0.4, -0.2) is 40.5 Å². The van der Waals surface area contributed by atoms with E-state index in [1.54, 1.807) is 12.4 Å². The third-order valence-electron chi connectivity index (χ3n) is 6.13. The van der Waals surface area contributed by atoms with Crippen LogP contribution in [0.4, 0.5) is 11.1 Å². The van der Waals surface area contributed by atoms with Gasteiger partial charge in [-0.25, -0.2) is 15.0 Å². The standard InChI is InChI=1S/C27H27N5OS/c33-25(23-13-7-17-31(19-23)26-28-15-8-16-29-26)32(18-14-21-9-3-1-4-10-21)27-30-24(20-34-27)22-11-5-2-6-12-22/h1-6,8-12,15-16,20,23H,7,13-14,17-19H2. The summed E-state index contributed by atoms with van der Waals surface area (Å²) in [7, 11) is 0. The zero-order valence-corrected chi connectivity index (χ0v) is 19.8. The van der Waals surface area contributed by atoms with E-state index in [1.807, 2.05) is 64.9 Å². The summed E-state index contributed by atoms with van der Waals surface area (Å²) in [4.78, 5) is 31.5. The Kier molecular flexibility index (Phi) is 6.91. The van der Waals surface area contributed by atoms with Gasteiger partial charge in [-0.2, -0.15) is 0 Å². The van der Waals surface area contributed by atoms with Gasteiger partial charge in [0.1, 0.15) is 0 Å². The number of rotatable bonds is 7. The smallest absolute Gasteiger partial charge is 0.233 e. The molecule has 4 aromatic rings. The number of benzene rings is 2. The van der Waals surface area contributed by atoms with Crippen molar-refractivity contribution >= 4 is 28.3 Å². The van der Waals surface area contributed by atoms with Crippen LogP contribution in [-0.2, 0) is 11.2 Å². The number of hydrogen-bond donors (Lipinski definition) is 0. The second-order valence-electron chi connectivity index (χ2n) is 8.44. The van der Waals surface area contributed by atoms with Crippen LogP contribution in [0.2, 0.25) is 0 Å². The van der Waals surface area contributed by atoms with Gasteiger partial charge in [-0.15, -0.1) is 11.3 Å². The van der Waals surface area contributed by atoms with E-state index in [2.05, 4.69) is 27.0 Å². The fourth-order valence-electron chi connectivity index (χ4n) is 4.35. The Morgan fingerprint density at radius 1 is 1.00 bits per heavy atom. The van der Waals surface area contributed by atoms with Gasteiger partial charge in [0.05, 0.1) is 11.6 Å². The zero-order valence-electron chi connectivity index (χ0n) is 19.0. The molecule has 0 bridgehead atoms. The summed E-state index contributed by atoms with van der Waals surface area (Å²) >= 11 is 1.53. The van der Waals surface area contributed by atoms with Crippen molar-refractivity contribution in [3.8, 4) is 11.3 Å². The van der Waals surface area contributed by atoms with E-state index in [9.17, 15) is 4.79 Å². The molecule has 1 amide bonds. The van der Waals surface area contributed by atoms with Crippen molar-refractivity contribution in [2.75, 3.05) is 29.4 Å². The number of piperidine rings is 1. The summed E-state index contributed by atoms with van der Waals surface area (Å²) in [5.41, 5.74) is 3.18.